The Hall–Kier alpha value is -0.120. The lowest BCUT2D eigenvalue weighted by molar-refractivity contribution is 0.208. The molecule has 0 amide bonds. The molecule has 0 unspecified atom stereocenters. The van der Waals surface area contributed by atoms with Gasteiger partial charge in [-0.15, -0.1) is 0 Å². The van der Waals surface area contributed by atoms with Crippen LogP contribution in [0.5, 0.6) is 0 Å². The van der Waals surface area contributed by atoms with Gasteiger partial charge in [-0.25, -0.2) is 0 Å². The average Bonchev–Trinajstić information content (AvgIpc) is 2.74. The van der Waals surface area contributed by atoms with Crippen LogP contribution in [0.3, 0.4) is 0 Å². The lowest BCUT2D eigenvalue weighted by Crippen LogP contribution is -2.43. The molecule has 2 rings (SSSR count). The molecule has 0 aromatic carbocycles. The first-order chi connectivity index (χ1) is 8.18. The molecule has 0 spiro atoms. The summed E-state index contributed by atoms with van der Waals surface area (Å²) in [6.07, 6.45) is 8.05. The Balaban J connectivity index is 1.54. The number of nitrogens with one attached hydrogen (secondary N) is 1. The molecular weight excluding hydrogens is 210 g/mol. The number of nitrogens with two attached hydrogens (primary N) is 1. The van der Waals surface area contributed by atoms with Gasteiger partial charge in [-0.3, -0.25) is 0 Å². The van der Waals surface area contributed by atoms with Gasteiger partial charge < -0.3 is 16.0 Å². The number of piperidine rings is 1. The van der Waals surface area contributed by atoms with Crippen molar-refractivity contribution < 1.29 is 0 Å². The highest BCUT2D eigenvalue weighted by molar-refractivity contribution is 4.82. The molecule has 0 atom stereocenters. The molecular formula is C14H29N3. The van der Waals surface area contributed by atoms with Gasteiger partial charge in [0.1, 0.15) is 0 Å². The highest BCUT2D eigenvalue weighted by Gasteiger charge is 2.27. The van der Waals surface area contributed by atoms with Crippen LogP contribution in [0, 0.1) is 5.41 Å². The lowest BCUT2D eigenvalue weighted by atomic mass is 9.89. The first kappa shape index (κ1) is 13.3. The number of rotatable bonds is 5. The van der Waals surface area contributed by atoms with Crippen LogP contribution in [0.15, 0.2) is 0 Å². The zero-order chi connectivity index (χ0) is 12.1. The summed E-state index contributed by atoms with van der Waals surface area (Å²) >= 11 is 0. The molecule has 2 fully saturated rings. The SMILES string of the molecule is CC1(CNCCN2CCC(N)CC2)CCCC1. The molecule has 2 aliphatic rings. The second-order valence-corrected chi connectivity index (χ2v) is 6.37. The second-order valence-electron chi connectivity index (χ2n) is 6.37. The van der Waals surface area contributed by atoms with E-state index in [1.54, 1.807) is 0 Å². The molecule has 0 aromatic rings. The molecule has 3 heteroatoms. The van der Waals surface area contributed by atoms with Crippen molar-refractivity contribution in [3.63, 3.8) is 0 Å². The molecule has 0 bridgehead atoms. The Bertz CT molecular complexity index is 216. The van der Waals surface area contributed by atoms with E-state index in [2.05, 4.69) is 17.1 Å². The van der Waals surface area contributed by atoms with Crippen LogP contribution in [0.25, 0.3) is 0 Å². The highest BCUT2D eigenvalue weighted by atomic mass is 15.1. The smallest absolute Gasteiger partial charge is 0.0107 e. The third-order valence-corrected chi connectivity index (χ3v) is 4.60. The Morgan fingerprint density at radius 3 is 2.53 bits per heavy atom. The monoisotopic (exact) mass is 239 g/mol. The fourth-order valence-corrected chi connectivity index (χ4v) is 3.21. The van der Waals surface area contributed by atoms with Crippen LogP contribution >= 0.6 is 0 Å². The number of likely N-dealkylation sites (tertiary alicyclic amines) is 1. The molecule has 0 aromatic heterocycles. The summed E-state index contributed by atoms with van der Waals surface area (Å²) in [6.45, 7) is 8.38. The van der Waals surface area contributed by atoms with Gasteiger partial charge in [-0.2, -0.15) is 0 Å². The maximum atomic E-state index is 5.91. The number of hydrogen-bond donors (Lipinski definition) is 2. The van der Waals surface area contributed by atoms with E-state index in [1.807, 2.05) is 0 Å². The first-order valence-corrected chi connectivity index (χ1v) is 7.37. The maximum absolute atomic E-state index is 5.91. The van der Waals surface area contributed by atoms with Gasteiger partial charge in [0.25, 0.3) is 0 Å². The van der Waals surface area contributed by atoms with Crippen LogP contribution in [-0.4, -0.2) is 43.7 Å². The van der Waals surface area contributed by atoms with Gasteiger partial charge in [0.05, 0.1) is 0 Å². The third kappa shape index (κ3) is 4.23. The number of nitrogens with zero attached hydrogens (tertiary/aromatic N) is 1. The standard InChI is InChI=1S/C14H29N3/c1-14(6-2-3-7-14)12-16-8-11-17-9-4-13(15)5-10-17/h13,16H,2-12,15H2,1H3. The molecule has 100 valence electrons. The van der Waals surface area contributed by atoms with Gasteiger partial charge in [-0.1, -0.05) is 19.8 Å². The topological polar surface area (TPSA) is 41.3 Å². The van der Waals surface area contributed by atoms with Crippen LogP contribution in [0.2, 0.25) is 0 Å². The third-order valence-electron chi connectivity index (χ3n) is 4.60. The Morgan fingerprint density at radius 1 is 1.24 bits per heavy atom. The molecule has 3 nitrogen and oxygen atoms in total. The highest BCUT2D eigenvalue weighted by Crippen LogP contribution is 2.36. The van der Waals surface area contributed by atoms with E-state index < -0.39 is 0 Å². The van der Waals surface area contributed by atoms with Crippen molar-refractivity contribution in [2.45, 2.75) is 51.5 Å². The van der Waals surface area contributed by atoms with Gasteiger partial charge in [-0.05, 0) is 44.2 Å². The summed E-state index contributed by atoms with van der Waals surface area (Å²) in [5.41, 5.74) is 6.50. The van der Waals surface area contributed by atoms with Crippen molar-refractivity contribution in [2.75, 3.05) is 32.7 Å². The Labute approximate surface area is 106 Å². The summed E-state index contributed by atoms with van der Waals surface area (Å²) in [5.74, 6) is 0. The van der Waals surface area contributed by atoms with Gasteiger partial charge in [0.2, 0.25) is 0 Å². The van der Waals surface area contributed by atoms with Crippen molar-refractivity contribution in [1.29, 1.82) is 0 Å². The van der Waals surface area contributed by atoms with Crippen molar-refractivity contribution in [1.82, 2.24) is 10.2 Å². The van der Waals surface area contributed by atoms with Crippen molar-refractivity contribution in [3.8, 4) is 0 Å². The summed E-state index contributed by atoms with van der Waals surface area (Å²) in [4.78, 5) is 2.55. The first-order valence-electron chi connectivity index (χ1n) is 7.37. The Morgan fingerprint density at radius 2 is 1.88 bits per heavy atom. The quantitative estimate of drug-likeness (QED) is 0.716. The van der Waals surface area contributed by atoms with Gasteiger partial charge in [0.15, 0.2) is 0 Å². The van der Waals surface area contributed by atoms with Crippen LogP contribution < -0.4 is 11.1 Å². The summed E-state index contributed by atoms with van der Waals surface area (Å²) in [6, 6.07) is 0.455. The van der Waals surface area contributed by atoms with E-state index in [-0.39, 0.29) is 0 Å². The fraction of sp³-hybridized carbons (Fsp3) is 1.00. The Kier molecular flexibility index (Phi) is 4.83. The fourth-order valence-electron chi connectivity index (χ4n) is 3.21. The van der Waals surface area contributed by atoms with Gasteiger partial charge in [0, 0.05) is 25.7 Å². The van der Waals surface area contributed by atoms with E-state index >= 15 is 0 Å². The minimum atomic E-state index is 0.455. The molecule has 1 heterocycles. The summed E-state index contributed by atoms with van der Waals surface area (Å²) in [7, 11) is 0. The zero-order valence-electron chi connectivity index (χ0n) is 11.4. The van der Waals surface area contributed by atoms with E-state index in [4.69, 9.17) is 5.73 Å². The van der Waals surface area contributed by atoms with E-state index in [9.17, 15) is 0 Å². The molecule has 3 N–H and O–H groups in total. The molecule has 1 aliphatic carbocycles. The predicted molar refractivity (Wildman–Crippen MR) is 73.1 cm³/mol. The van der Waals surface area contributed by atoms with E-state index in [0.29, 0.717) is 11.5 Å². The normalized spacial score (nSPS) is 26.5. The minimum Gasteiger partial charge on any atom is -0.328 e. The molecule has 1 aliphatic heterocycles. The molecule has 17 heavy (non-hydrogen) atoms. The average molecular weight is 239 g/mol. The van der Waals surface area contributed by atoms with Crippen LogP contribution in [0.4, 0.5) is 0 Å². The van der Waals surface area contributed by atoms with Crippen molar-refractivity contribution >= 4 is 0 Å². The maximum Gasteiger partial charge on any atom is 0.0107 e. The summed E-state index contributed by atoms with van der Waals surface area (Å²) < 4.78 is 0. The molecule has 1 saturated carbocycles. The van der Waals surface area contributed by atoms with Crippen molar-refractivity contribution in [3.05, 3.63) is 0 Å². The summed E-state index contributed by atoms with van der Waals surface area (Å²) in [5, 5.41) is 3.65. The minimum absolute atomic E-state index is 0.455. The van der Waals surface area contributed by atoms with Crippen LogP contribution in [-0.2, 0) is 0 Å². The van der Waals surface area contributed by atoms with E-state index in [1.165, 1.54) is 64.7 Å². The van der Waals surface area contributed by atoms with Gasteiger partial charge >= 0.3 is 0 Å². The predicted octanol–water partition coefficient (Wildman–Crippen LogP) is 1.58. The lowest BCUT2D eigenvalue weighted by Gasteiger charge is -2.30. The molecule has 1 saturated heterocycles. The largest absolute Gasteiger partial charge is 0.328 e. The zero-order valence-corrected chi connectivity index (χ0v) is 11.4. The second kappa shape index (κ2) is 6.17. The van der Waals surface area contributed by atoms with Crippen molar-refractivity contribution in [2.24, 2.45) is 11.1 Å². The number of hydrogen-bond acceptors (Lipinski definition) is 3. The molecule has 0 radical (unpaired) electrons. The van der Waals surface area contributed by atoms with E-state index in [0.717, 1.165) is 6.54 Å². The van der Waals surface area contributed by atoms with Crippen LogP contribution in [0.1, 0.15) is 45.4 Å².